The second-order valence-electron chi connectivity index (χ2n) is 4.60. The Balaban J connectivity index is 2.07. The van der Waals surface area contributed by atoms with Crippen LogP contribution in [0, 0.1) is 5.82 Å². The van der Waals surface area contributed by atoms with Gasteiger partial charge in [0.25, 0.3) is 0 Å². The summed E-state index contributed by atoms with van der Waals surface area (Å²) < 4.78 is 39.2. The molecule has 1 aromatic heterocycles. The maximum absolute atomic E-state index is 12.8. The smallest absolute Gasteiger partial charge is 0.240 e. The minimum absolute atomic E-state index is 0.0412. The number of halogens is 1. The number of nitrogens with one attached hydrogen (secondary N) is 1. The first-order valence-corrected chi connectivity index (χ1v) is 8.44. The van der Waals surface area contributed by atoms with E-state index in [-0.39, 0.29) is 11.4 Å². The average molecular weight is 314 g/mol. The molecule has 0 spiro atoms. The maximum atomic E-state index is 12.8. The number of aromatic nitrogens is 1. The number of hydrogen-bond donors (Lipinski definition) is 1. The van der Waals surface area contributed by atoms with Crippen molar-refractivity contribution in [1.82, 2.24) is 9.71 Å². The van der Waals surface area contributed by atoms with Crippen LogP contribution >= 0.6 is 11.3 Å². The third-order valence-electron chi connectivity index (χ3n) is 2.70. The highest BCUT2D eigenvalue weighted by Crippen LogP contribution is 2.18. The van der Waals surface area contributed by atoms with E-state index in [1.165, 1.54) is 23.5 Å². The minimum atomic E-state index is -3.64. The fraction of sp³-hybridized carbons (Fsp3) is 0.308. The molecule has 0 aliphatic heterocycles. The Morgan fingerprint density at radius 1 is 1.30 bits per heavy atom. The van der Waals surface area contributed by atoms with Gasteiger partial charge in [0.05, 0.1) is 17.1 Å². The molecule has 0 radical (unpaired) electrons. The zero-order valence-corrected chi connectivity index (χ0v) is 12.8. The van der Waals surface area contributed by atoms with Crippen LogP contribution < -0.4 is 4.72 Å². The Hall–Kier alpha value is -1.31. The predicted molar refractivity (Wildman–Crippen MR) is 76.6 cm³/mol. The average Bonchev–Trinajstić information content (AvgIpc) is 2.86. The molecule has 0 aliphatic rings. The Morgan fingerprint density at radius 2 is 1.95 bits per heavy atom. The van der Waals surface area contributed by atoms with Crippen molar-refractivity contribution in [1.29, 1.82) is 0 Å². The highest BCUT2D eigenvalue weighted by atomic mass is 32.2. The van der Waals surface area contributed by atoms with E-state index in [9.17, 15) is 12.8 Å². The zero-order chi connectivity index (χ0) is 14.8. The van der Waals surface area contributed by atoms with Crippen molar-refractivity contribution in [3.63, 3.8) is 0 Å². The van der Waals surface area contributed by atoms with Gasteiger partial charge in [-0.1, -0.05) is 13.8 Å². The van der Waals surface area contributed by atoms with Crippen LogP contribution in [0.2, 0.25) is 0 Å². The zero-order valence-electron chi connectivity index (χ0n) is 11.1. The van der Waals surface area contributed by atoms with Gasteiger partial charge in [0.15, 0.2) is 0 Å². The van der Waals surface area contributed by atoms with Gasteiger partial charge in [-0.15, -0.1) is 11.3 Å². The van der Waals surface area contributed by atoms with Crippen LogP contribution in [-0.2, 0) is 16.6 Å². The van der Waals surface area contributed by atoms with Crippen molar-refractivity contribution in [2.75, 3.05) is 0 Å². The molecule has 0 amide bonds. The van der Waals surface area contributed by atoms with Gasteiger partial charge in [0.1, 0.15) is 10.8 Å². The highest BCUT2D eigenvalue weighted by molar-refractivity contribution is 7.89. The van der Waals surface area contributed by atoms with E-state index in [1.54, 1.807) is 0 Å². The highest BCUT2D eigenvalue weighted by Gasteiger charge is 2.15. The lowest BCUT2D eigenvalue weighted by Gasteiger charge is -2.05. The molecular weight excluding hydrogens is 299 g/mol. The fourth-order valence-corrected chi connectivity index (χ4v) is 3.50. The topological polar surface area (TPSA) is 59.1 Å². The first kappa shape index (κ1) is 15.1. The van der Waals surface area contributed by atoms with E-state index in [0.29, 0.717) is 10.9 Å². The summed E-state index contributed by atoms with van der Waals surface area (Å²) in [5.74, 6) is -0.154. The number of sulfonamides is 1. The molecule has 2 rings (SSSR count). The summed E-state index contributed by atoms with van der Waals surface area (Å²) in [5, 5.41) is 2.63. The maximum Gasteiger partial charge on any atom is 0.240 e. The number of thiazole rings is 1. The standard InChI is InChI=1S/C13H15FN2O2S2/c1-9(2)12-8-19-13(16-12)7-15-20(17,18)11-5-3-10(14)4-6-11/h3-6,8-9,15H,7H2,1-2H3. The number of benzene rings is 1. The van der Waals surface area contributed by atoms with Gasteiger partial charge in [-0.2, -0.15) is 0 Å². The van der Waals surface area contributed by atoms with E-state index in [1.807, 2.05) is 19.2 Å². The second-order valence-corrected chi connectivity index (χ2v) is 7.31. The summed E-state index contributed by atoms with van der Waals surface area (Å²) in [5.41, 5.74) is 0.950. The summed E-state index contributed by atoms with van der Waals surface area (Å²) in [4.78, 5) is 4.39. The summed E-state index contributed by atoms with van der Waals surface area (Å²) >= 11 is 1.42. The first-order valence-electron chi connectivity index (χ1n) is 6.08. The summed E-state index contributed by atoms with van der Waals surface area (Å²) in [6.07, 6.45) is 0. The largest absolute Gasteiger partial charge is 0.245 e. The molecule has 1 heterocycles. The van der Waals surface area contributed by atoms with Gasteiger partial charge in [-0.25, -0.2) is 22.5 Å². The van der Waals surface area contributed by atoms with Gasteiger partial charge in [0.2, 0.25) is 10.0 Å². The molecule has 0 unspecified atom stereocenters. The Bertz CT molecular complexity index is 679. The first-order chi connectivity index (χ1) is 9.38. The van der Waals surface area contributed by atoms with Gasteiger partial charge in [-0.05, 0) is 30.2 Å². The Morgan fingerprint density at radius 3 is 2.50 bits per heavy atom. The lowest BCUT2D eigenvalue weighted by molar-refractivity contribution is 0.580. The van der Waals surface area contributed by atoms with E-state index >= 15 is 0 Å². The van der Waals surface area contributed by atoms with E-state index in [0.717, 1.165) is 17.8 Å². The molecule has 20 heavy (non-hydrogen) atoms. The molecule has 0 bridgehead atoms. The Labute approximate surface area is 121 Å². The molecule has 2 aromatic rings. The summed E-state index contributed by atoms with van der Waals surface area (Å²) in [7, 11) is -3.64. The lowest BCUT2D eigenvalue weighted by atomic mass is 10.2. The van der Waals surface area contributed by atoms with E-state index in [4.69, 9.17) is 0 Å². The Kier molecular flexibility index (Phi) is 4.52. The normalized spacial score (nSPS) is 12.0. The number of hydrogen-bond acceptors (Lipinski definition) is 4. The monoisotopic (exact) mass is 314 g/mol. The van der Waals surface area contributed by atoms with E-state index < -0.39 is 15.8 Å². The van der Waals surface area contributed by atoms with Gasteiger partial charge >= 0.3 is 0 Å². The third-order valence-corrected chi connectivity index (χ3v) is 4.98. The molecule has 108 valence electrons. The predicted octanol–water partition coefficient (Wildman–Crippen LogP) is 2.88. The molecule has 0 aliphatic carbocycles. The second kappa shape index (κ2) is 5.99. The molecule has 7 heteroatoms. The summed E-state index contributed by atoms with van der Waals surface area (Å²) in [6, 6.07) is 4.71. The number of nitrogens with zero attached hydrogens (tertiary/aromatic N) is 1. The fourth-order valence-electron chi connectivity index (χ4n) is 1.53. The van der Waals surface area contributed by atoms with Crippen molar-refractivity contribution in [2.45, 2.75) is 31.2 Å². The third kappa shape index (κ3) is 3.62. The molecule has 0 fully saturated rings. The van der Waals surface area contributed by atoms with Crippen molar-refractivity contribution in [3.8, 4) is 0 Å². The van der Waals surface area contributed by atoms with Crippen LogP contribution in [0.5, 0.6) is 0 Å². The minimum Gasteiger partial charge on any atom is -0.245 e. The molecular formula is C13H15FN2O2S2. The van der Waals surface area contributed by atoms with Crippen LogP contribution in [-0.4, -0.2) is 13.4 Å². The molecule has 1 N–H and O–H groups in total. The van der Waals surface area contributed by atoms with Gasteiger partial charge in [-0.3, -0.25) is 0 Å². The molecule has 0 saturated heterocycles. The SMILES string of the molecule is CC(C)c1csc(CNS(=O)(=O)c2ccc(F)cc2)n1. The van der Waals surface area contributed by atoms with Gasteiger partial charge in [0, 0.05) is 5.38 Å². The molecule has 0 saturated carbocycles. The number of rotatable bonds is 5. The lowest BCUT2D eigenvalue weighted by Crippen LogP contribution is -2.23. The molecule has 1 aromatic carbocycles. The van der Waals surface area contributed by atoms with Crippen LogP contribution in [0.3, 0.4) is 0 Å². The van der Waals surface area contributed by atoms with Crippen molar-refractivity contribution < 1.29 is 12.8 Å². The molecule has 0 atom stereocenters. The van der Waals surface area contributed by atoms with Crippen molar-refractivity contribution in [3.05, 3.63) is 46.2 Å². The summed E-state index contributed by atoms with van der Waals surface area (Å²) in [6.45, 7) is 4.19. The van der Waals surface area contributed by atoms with Crippen molar-refractivity contribution in [2.24, 2.45) is 0 Å². The van der Waals surface area contributed by atoms with Crippen LogP contribution in [0.15, 0.2) is 34.5 Å². The quantitative estimate of drug-likeness (QED) is 0.923. The molecule has 4 nitrogen and oxygen atoms in total. The van der Waals surface area contributed by atoms with E-state index in [2.05, 4.69) is 9.71 Å². The van der Waals surface area contributed by atoms with Crippen LogP contribution in [0.1, 0.15) is 30.5 Å². The van der Waals surface area contributed by atoms with Crippen LogP contribution in [0.25, 0.3) is 0 Å². The van der Waals surface area contributed by atoms with Gasteiger partial charge < -0.3 is 0 Å². The van der Waals surface area contributed by atoms with Crippen LogP contribution in [0.4, 0.5) is 4.39 Å². The van der Waals surface area contributed by atoms with Crippen molar-refractivity contribution >= 4 is 21.4 Å².